The second-order valence-electron chi connectivity index (χ2n) is 5.60. The Kier molecular flexibility index (Phi) is 5.15. The fourth-order valence-electron chi connectivity index (χ4n) is 0.942. The Morgan fingerprint density at radius 1 is 1.33 bits per heavy atom. The van der Waals surface area contributed by atoms with Crippen molar-refractivity contribution in [1.29, 1.82) is 0 Å². The van der Waals surface area contributed by atoms with Gasteiger partial charge in [0, 0.05) is 5.41 Å². The van der Waals surface area contributed by atoms with E-state index in [0.717, 1.165) is 6.42 Å². The van der Waals surface area contributed by atoms with Crippen LogP contribution in [0.2, 0.25) is 19.6 Å². The first kappa shape index (κ1) is 14.3. The molecule has 0 bridgehead atoms. The van der Waals surface area contributed by atoms with Crippen LogP contribution >= 0.6 is 0 Å². The molecule has 0 aliphatic rings. The number of aliphatic hydroxyl groups is 1. The Balaban J connectivity index is 4.12. The van der Waals surface area contributed by atoms with E-state index < -0.39 is 14.2 Å². The topological polar surface area (TPSA) is 20.2 Å². The number of terminal acetylenes is 1. The molecule has 0 aliphatic heterocycles. The molecule has 1 nitrogen and oxygen atoms in total. The minimum absolute atomic E-state index is 0.137. The number of hydrogen-bond donors (Lipinski definition) is 1. The summed E-state index contributed by atoms with van der Waals surface area (Å²) >= 11 is 0. The molecule has 0 aromatic carbocycles. The van der Waals surface area contributed by atoms with E-state index in [9.17, 15) is 5.11 Å². The Bertz CT molecular complexity index is 293. The van der Waals surface area contributed by atoms with E-state index in [1.807, 2.05) is 13.8 Å². The Morgan fingerprint density at radius 3 is 2.27 bits per heavy atom. The van der Waals surface area contributed by atoms with Crippen LogP contribution in [0, 0.1) is 29.2 Å². The minimum Gasteiger partial charge on any atom is -0.380 e. The van der Waals surface area contributed by atoms with Crippen LogP contribution in [0.3, 0.4) is 0 Å². The van der Waals surface area contributed by atoms with Crippen molar-refractivity contribution in [2.45, 2.75) is 52.4 Å². The predicted octanol–water partition coefficient (Wildman–Crippen LogP) is 2.67. The highest BCUT2D eigenvalue weighted by Crippen LogP contribution is 2.21. The normalized spacial score (nSPS) is 13.7. The van der Waals surface area contributed by atoms with Crippen molar-refractivity contribution in [1.82, 2.24) is 0 Å². The van der Waals surface area contributed by atoms with Gasteiger partial charge in [0.1, 0.15) is 14.2 Å². The summed E-state index contributed by atoms with van der Waals surface area (Å²) in [5, 5.41) is 9.65. The smallest absolute Gasteiger partial charge is 0.129 e. The van der Waals surface area contributed by atoms with E-state index >= 15 is 0 Å². The van der Waals surface area contributed by atoms with Gasteiger partial charge in [-0.3, -0.25) is 0 Å². The van der Waals surface area contributed by atoms with Crippen molar-refractivity contribution in [3.05, 3.63) is 0 Å². The predicted molar refractivity (Wildman–Crippen MR) is 69.0 cm³/mol. The van der Waals surface area contributed by atoms with Crippen molar-refractivity contribution in [2.75, 3.05) is 0 Å². The quantitative estimate of drug-likeness (QED) is 0.575. The van der Waals surface area contributed by atoms with E-state index in [-0.39, 0.29) is 5.41 Å². The maximum absolute atomic E-state index is 9.65. The van der Waals surface area contributed by atoms with E-state index in [4.69, 9.17) is 6.42 Å². The molecule has 0 aliphatic carbocycles. The fraction of sp³-hybridized carbons (Fsp3) is 0.692. The van der Waals surface area contributed by atoms with Gasteiger partial charge in [0.25, 0.3) is 0 Å². The summed E-state index contributed by atoms with van der Waals surface area (Å²) in [5.41, 5.74) is 3.03. The Labute approximate surface area is 95.3 Å². The highest BCUT2D eigenvalue weighted by Gasteiger charge is 2.15. The van der Waals surface area contributed by atoms with Gasteiger partial charge in [-0.1, -0.05) is 25.6 Å². The zero-order chi connectivity index (χ0) is 12.1. The summed E-state index contributed by atoms with van der Waals surface area (Å²) in [6.45, 7) is 10.5. The molecule has 0 saturated carbocycles. The van der Waals surface area contributed by atoms with Gasteiger partial charge < -0.3 is 5.11 Å². The lowest BCUT2D eigenvalue weighted by atomic mass is 9.88. The zero-order valence-corrected chi connectivity index (χ0v) is 11.5. The zero-order valence-electron chi connectivity index (χ0n) is 10.5. The van der Waals surface area contributed by atoms with Gasteiger partial charge in [0.2, 0.25) is 0 Å². The molecular weight excluding hydrogens is 200 g/mol. The van der Waals surface area contributed by atoms with Crippen LogP contribution in [-0.4, -0.2) is 19.3 Å². The standard InChI is InChI=1S/C13H22OSi/c1-7-13(2,3)10-8-12(14)9-11-15(4,5)6/h1,12,14H,8,10H2,2-6H3. The number of hydrogen-bond acceptors (Lipinski definition) is 1. The molecular formula is C13H22OSi. The largest absolute Gasteiger partial charge is 0.380 e. The van der Waals surface area contributed by atoms with Crippen molar-refractivity contribution >= 4 is 8.07 Å². The first-order valence-electron chi connectivity index (χ1n) is 5.35. The Morgan fingerprint density at radius 2 is 1.87 bits per heavy atom. The van der Waals surface area contributed by atoms with Crippen molar-refractivity contribution in [3.63, 3.8) is 0 Å². The molecule has 0 rings (SSSR count). The number of rotatable bonds is 3. The summed E-state index contributed by atoms with van der Waals surface area (Å²) in [6.07, 6.45) is 6.32. The Hall–Kier alpha value is -0.703. The van der Waals surface area contributed by atoms with E-state index in [1.54, 1.807) is 0 Å². The highest BCUT2D eigenvalue weighted by molar-refractivity contribution is 6.83. The van der Waals surface area contributed by atoms with Crippen LogP contribution in [0.1, 0.15) is 26.7 Å². The average Bonchev–Trinajstić information content (AvgIpc) is 2.10. The van der Waals surface area contributed by atoms with Gasteiger partial charge >= 0.3 is 0 Å². The van der Waals surface area contributed by atoms with Crippen LogP contribution in [0.4, 0.5) is 0 Å². The summed E-state index contributed by atoms with van der Waals surface area (Å²) < 4.78 is 0. The summed E-state index contributed by atoms with van der Waals surface area (Å²) in [7, 11) is -1.36. The second-order valence-corrected chi connectivity index (χ2v) is 10.4. The minimum atomic E-state index is -1.36. The lowest BCUT2D eigenvalue weighted by molar-refractivity contribution is 0.204. The van der Waals surface area contributed by atoms with Gasteiger partial charge in [-0.2, -0.15) is 0 Å². The molecule has 1 N–H and O–H groups in total. The van der Waals surface area contributed by atoms with Crippen LogP contribution in [0.5, 0.6) is 0 Å². The van der Waals surface area contributed by atoms with Gasteiger partial charge in [-0.15, -0.1) is 17.9 Å². The third-order valence-electron chi connectivity index (χ3n) is 2.05. The average molecular weight is 222 g/mol. The van der Waals surface area contributed by atoms with Crippen molar-refractivity contribution in [2.24, 2.45) is 5.41 Å². The first-order valence-corrected chi connectivity index (χ1v) is 8.85. The third kappa shape index (κ3) is 8.30. The van der Waals surface area contributed by atoms with E-state index in [0.29, 0.717) is 6.42 Å². The van der Waals surface area contributed by atoms with Crippen LogP contribution in [-0.2, 0) is 0 Å². The molecule has 0 fully saturated rings. The summed E-state index contributed by atoms with van der Waals surface area (Å²) in [4.78, 5) is 0. The van der Waals surface area contributed by atoms with Crippen molar-refractivity contribution < 1.29 is 5.11 Å². The van der Waals surface area contributed by atoms with Gasteiger partial charge in [0.05, 0.1) is 0 Å². The van der Waals surface area contributed by atoms with Crippen LogP contribution in [0.15, 0.2) is 0 Å². The molecule has 1 unspecified atom stereocenters. The molecule has 2 heteroatoms. The van der Waals surface area contributed by atoms with E-state index in [1.165, 1.54) is 0 Å². The summed E-state index contributed by atoms with van der Waals surface area (Å²) in [5.74, 6) is 5.64. The molecule has 0 amide bonds. The monoisotopic (exact) mass is 222 g/mol. The van der Waals surface area contributed by atoms with Gasteiger partial charge in [-0.05, 0) is 26.7 Å². The van der Waals surface area contributed by atoms with Gasteiger partial charge in [0.15, 0.2) is 0 Å². The maximum Gasteiger partial charge on any atom is 0.129 e. The second kappa shape index (κ2) is 5.40. The van der Waals surface area contributed by atoms with Crippen molar-refractivity contribution in [3.8, 4) is 23.8 Å². The molecule has 84 valence electrons. The van der Waals surface area contributed by atoms with Gasteiger partial charge in [-0.25, -0.2) is 0 Å². The molecule has 0 saturated heterocycles. The number of aliphatic hydroxyl groups excluding tert-OH is 1. The lowest BCUT2D eigenvalue weighted by Gasteiger charge is -2.17. The highest BCUT2D eigenvalue weighted by atomic mass is 28.3. The fourth-order valence-corrected chi connectivity index (χ4v) is 1.54. The molecule has 15 heavy (non-hydrogen) atoms. The molecule has 0 radical (unpaired) electrons. The van der Waals surface area contributed by atoms with E-state index in [2.05, 4.69) is 37.0 Å². The van der Waals surface area contributed by atoms with Crippen LogP contribution < -0.4 is 0 Å². The maximum atomic E-state index is 9.65. The SMILES string of the molecule is C#CC(C)(C)CCC(O)C#C[Si](C)(C)C. The molecule has 1 atom stereocenters. The molecule has 0 heterocycles. The molecule has 0 aromatic heterocycles. The van der Waals surface area contributed by atoms with Crippen LogP contribution in [0.25, 0.3) is 0 Å². The summed E-state index contributed by atoms with van der Waals surface area (Å²) in [6, 6.07) is 0. The molecule has 0 spiro atoms. The third-order valence-corrected chi connectivity index (χ3v) is 2.94. The lowest BCUT2D eigenvalue weighted by Crippen LogP contribution is -2.18. The molecule has 0 aromatic rings. The first-order chi connectivity index (χ1) is 6.66.